The monoisotopic (exact) mass is 250 g/mol. The van der Waals surface area contributed by atoms with Gasteiger partial charge in [-0.2, -0.15) is 0 Å². The van der Waals surface area contributed by atoms with Gasteiger partial charge in [0.1, 0.15) is 11.9 Å². The summed E-state index contributed by atoms with van der Waals surface area (Å²) in [5.74, 6) is 6.51. The Bertz CT molecular complexity index is 495. The minimum Gasteiger partial charge on any atom is -0.334 e. The molecule has 0 spiro atoms. The van der Waals surface area contributed by atoms with Gasteiger partial charge in [-0.05, 0) is 24.6 Å². The number of hydrogen-bond acceptors (Lipinski definition) is 3. The van der Waals surface area contributed by atoms with E-state index in [1.165, 1.54) is 0 Å². The van der Waals surface area contributed by atoms with E-state index in [4.69, 9.17) is 17.4 Å². The third-order valence-corrected chi connectivity index (χ3v) is 2.93. The summed E-state index contributed by atoms with van der Waals surface area (Å²) in [7, 11) is 0. The molecule has 0 aliphatic rings. The van der Waals surface area contributed by atoms with Crippen LogP contribution in [0.2, 0.25) is 5.02 Å². The molecule has 1 atom stereocenters. The molecule has 0 aliphatic heterocycles. The van der Waals surface area contributed by atoms with Crippen molar-refractivity contribution in [3.63, 3.8) is 0 Å². The first-order valence-electron chi connectivity index (χ1n) is 5.49. The molecule has 0 fully saturated rings. The Hall–Kier alpha value is -1.36. The largest absolute Gasteiger partial charge is 0.334 e. The summed E-state index contributed by atoms with van der Waals surface area (Å²) in [6, 6.07) is 7.46. The first-order chi connectivity index (χ1) is 8.26. The molecular weight excluding hydrogens is 236 g/mol. The highest BCUT2D eigenvalue weighted by Gasteiger charge is 2.17. The maximum atomic E-state index is 5.99. The van der Waals surface area contributed by atoms with Crippen molar-refractivity contribution in [2.45, 2.75) is 19.5 Å². The van der Waals surface area contributed by atoms with E-state index in [-0.39, 0.29) is 6.04 Å². The quantitative estimate of drug-likeness (QED) is 0.646. The lowest BCUT2D eigenvalue weighted by atomic mass is 10.1. The second kappa shape index (κ2) is 5.31. The van der Waals surface area contributed by atoms with Crippen LogP contribution < -0.4 is 11.3 Å². The van der Waals surface area contributed by atoms with Crippen LogP contribution in [0.5, 0.6) is 0 Å². The zero-order valence-electron chi connectivity index (χ0n) is 9.60. The van der Waals surface area contributed by atoms with Gasteiger partial charge in [-0.15, -0.1) is 0 Å². The average molecular weight is 251 g/mol. The number of benzene rings is 1. The van der Waals surface area contributed by atoms with Gasteiger partial charge in [-0.25, -0.2) is 10.4 Å². The number of halogens is 1. The topological polar surface area (TPSA) is 55.9 Å². The Kier molecular flexibility index (Phi) is 3.78. The summed E-state index contributed by atoms with van der Waals surface area (Å²) in [5, 5.41) is 0.692. The van der Waals surface area contributed by atoms with Crippen molar-refractivity contribution in [3.8, 4) is 0 Å². The normalized spacial score (nSPS) is 12.6. The molecule has 0 radical (unpaired) electrons. The summed E-state index contributed by atoms with van der Waals surface area (Å²) < 4.78 is 2.05. The summed E-state index contributed by atoms with van der Waals surface area (Å²) in [4.78, 5) is 4.34. The van der Waals surface area contributed by atoms with Crippen molar-refractivity contribution < 1.29 is 0 Å². The van der Waals surface area contributed by atoms with E-state index in [0.29, 0.717) is 5.02 Å². The summed E-state index contributed by atoms with van der Waals surface area (Å²) in [6.45, 7) is 2.92. The predicted molar refractivity (Wildman–Crippen MR) is 68.5 cm³/mol. The molecule has 0 bridgehead atoms. The molecule has 0 aliphatic carbocycles. The lowest BCUT2D eigenvalue weighted by Crippen LogP contribution is -2.31. The third kappa shape index (κ3) is 2.49. The van der Waals surface area contributed by atoms with E-state index in [0.717, 1.165) is 17.9 Å². The smallest absolute Gasteiger partial charge is 0.131 e. The summed E-state index contributed by atoms with van der Waals surface area (Å²) in [6.07, 6.45) is 3.71. The van der Waals surface area contributed by atoms with Gasteiger partial charge < -0.3 is 4.57 Å². The van der Waals surface area contributed by atoms with Crippen molar-refractivity contribution in [1.29, 1.82) is 0 Å². The molecule has 5 heteroatoms. The molecule has 2 rings (SSSR count). The Morgan fingerprint density at radius 3 is 3.00 bits per heavy atom. The van der Waals surface area contributed by atoms with E-state index < -0.39 is 0 Å². The van der Waals surface area contributed by atoms with Crippen LogP contribution in [-0.2, 0) is 6.54 Å². The van der Waals surface area contributed by atoms with Crippen LogP contribution in [0.1, 0.15) is 24.4 Å². The summed E-state index contributed by atoms with van der Waals surface area (Å²) in [5.41, 5.74) is 3.78. The van der Waals surface area contributed by atoms with E-state index in [2.05, 4.69) is 17.3 Å². The second-order valence-corrected chi connectivity index (χ2v) is 4.16. The Morgan fingerprint density at radius 1 is 1.53 bits per heavy atom. The fourth-order valence-corrected chi connectivity index (χ4v) is 2.05. The molecule has 0 saturated carbocycles. The fourth-order valence-electron chi connectivity index (χ4n) is 1.85. The minimum atomic E-state index is -0.149. The Balaban J connectivity index is 2.40. The van der Waals surface area contributed by atoms with E-state index in [1.54, 1.807) is 6.20 Å². The van der Waals surface area contributed by atoms with Crippen molar-refractivity contribution >= 4 is 11.6 Å². The van der Waals surface area contributed by atoms with Gasteiger partial charge in [0.05, 0.1) is 0 Å². The fraction of sp³-hybridized carbons (Fsp3) is 0.250. The van der Waals surface area contributed by atoms with Gasteiger partial charge in [0, 0.05) is 24.0 Å². The molecule has 0 amide bonds. The zero-order chi connectivity index (χ0) is 12.3. The number of nitrogens with two attached hydrogens (primary N) is 1. The van der Waals surface area contributed by atoms with Crippen LogP contribution >= 0.6 is 11.6 Å². The molecule has 0 saturated heterocycles. The standard InChI is InChI=1S/C12H15ClN4/c1-2-17-7-6-15-12(17)11(16-14)9-4-3-5-10(13)8-9/h3-8,11,16H,2,14H2,1H3. The lowest BCUT2D eigenvalue weighted by Gasteiger charge is -2.17. The maximum absolute atomic E-state index is 5.99. The highest BCUT2D eigenvalue weighted by molar-refractivity contribution is 6.30. The van der Waals surface area contributed by atoms with Crippen LogP contribution in [0.25, 0.3) is 0 Å². The molecule has 1 aromatic carbocycles. The molecule has 2 aromatic rings. The van der Waals surface area contributed by atoms with Gasteiger partial charge in [-0.3, -0.25) is 5.84 Å². The molecule has 90 valence electrons. The van der Waals surface area contributed by atoms with Gasteiger partial charge in [0.25, 0.3) is 0 Å². The first-order valence-corrected chi connectivity index (χ1v) is 5.86. The number of aromatic nitrogens is 2. The number of hydrogen-bond donors (Lipinski definition) is 2. The van der Waals surface area contributed by atoms with Gasteiger partial charge >= 0.3 is 0 Å². The van der Waals surface area contributed by atoms with Crippen molar-refractivity contribution in [2.24, 2.45) is 5.84 Å². The third-order valence-electron chi connectivity index (χ3n) is 2.70. The Morgan fingerprint density at radius 2 is 2.35 bits per heavy atom. The van der Waals surface area contributed by atoms with Crippen LogP contribution in [0.4, 0.5) is 0 Å². The predicted octanol–water partition coefficient (Wildman–Crippen LogP) is 2.11. The van der Waals surface area contributed by atoms with Crippen LogP contribution in [0.3, 0.4) is 0 Å². The zero-order valence-corrected chi connectivity index (χ0v) is 10.4. The molecule has 1 heterocycles. The van der Waals surface area contributed by atoms with Crippen LogP contribution in [0, 0.1) is 0 Å². The highest BCUT2D eigenvalue weighted by Crippen LogP contribution is 2.22. The van der Waals surface area contributed by atoms with Crippen molar-refractivity contribution in [2.75, 3.05) is 0 Å². The van der Waals surface area contributed by atoms with Crippen LogP contribution in [-0.4, -0.2) is 9.55 Å². The Labute approximate surface area is 105 Å². The molecule has 4 nitrogen and oxygen atoms in total. The number of hydrazine groups is 1. The number of imidazole rings is 1. The molecule has 1 aromatic heterocycles. The summed E-state index contributed by atoms with van der Waals surface area (Å²) >= 11 is 5.99. The highest BCUT2D eigenvalue weighted by atomic mass is 35.5. The molecule has 17 heavy (non-hydrogen) atoms. The van der Waals surface area contributed by atoms with E-state index in [1.807, 2.05) is 35.0 Å². The van der Waals surface area contributed by atoms with Gasteiger partial charge in [0.2, 0.25) is 0 Å². The van der Waals surface area contributed by atoms with Crippen molar-refractivity contribution in [1.82, 2.24) is 15.0 Å². The van der Waals surface area contributed by atoms with Gasteiger partial charge in [-0.1, -0.05) is 23.7 Å². The molecule has 1 unspecified atom stereocenters. The molecular formula is C12H15ClN4. The number of nitrogens with one attached hydrogen (secondary N) is 1. The average Bonchev–Trinajstić information content (AvgIpc) is 2.78. The van der Waals surface area contributed by atoms with Crippen molar-refractivity contribution in [3.05, 3.63) is 53.1 Å². The first kappa shape index (κ1) is 12.1. The van der Waals surface area contributed by atoms with Gasteiger partial charge in [0.15, 0.2) is 0 Å². The minimum absolute atomic E-state index is 0.149. The van der Waals surface area contributed by atoms with E-state index in [9.17, 15) is 0 Å². The SMILES string of the molecule is CCn1ccnc1C(NN)c1cccc(Cl)c1. The molecule has 3 N–H and O–H groups in total. The lowest BCUT2D eigenvalue weighted by molar-refractivity contribution is 0.561. The maximum Gasteiger partial charge on any atom is 0.131 e. The number of nitrogens with zero attached hydrogens (tertiary/aromatic N) is 2. The number of rotatable bonds is 4. The number of aryl methyl sites for hydroxylation is 1. The van der Waals surface area contributed by atoms with Crippen LogP contribution in [0.15, 0.2) is 36.7 Å². The second-order valence-electron chi connectivity index (χ2n) is 3.73. The van der Waals surface area contributed by atoms with E-state index >= 15 is 0 Å².